The van der Waals surface area contributed by atoms with E-state index in [-0.39, 0.29) is 0 Å². The topological polar surface area (TPSA) is 25.8 Å². The number of rotatable bonds is 2. The van der Waals surface area contributed by atoms with Gasteiger partial charge in [0.1, 0.15) is 0 Å². The maximum Gasteiger partial charge on any atom is 0.0618 e. The monoisotopic (exact) mass is 164 g/mol. The maximum atomic E-state index is 4.48. The van der Waals surface area contributed by atoms with Gasteiger partial charge in [0, 0.05) is 6.20 Å². The van der Waals surface area contributed by atoms with Gasteiger partial charge in [0.15, 0.2) is 0 Å². The fourth-order valence-electron chi connectivity index (χ4n) is 1.01. The van der Waals surface area contributed by atoms with Crippen molar-refractivity contribution in [2.75, 3.05) is 0 Å². The molecule has 1 aromatic rings. The molecule has 2 heteroatoms. The first-order valence-corrected chi connectivity index (χ1v) is 4.45. The van der Waals surface area contributed by atoms with E-state index in [2.05, 4.69) is 23.8 Å². The molecule has 1 rings (SSSR count). The zero-order chi connectivity index (χ0) is 9.14. The number of hydrogen-bond donors (Lipinski definition) is 0. The molecule has 0 aliphatic rings. The van der Waals surface area contributed by atoms with E-state index in [0.29, 0.717) is 5.92 Å². The van der Waals surface area contributed by atoms with Gasteiger partial charge in [-0.1, -0.05) is 13.8 Å². The molecule has 0 spiro atoms. The van der Waals surface area contributed by atoms with E-state index < -0.39 is 0 Å². The zero-order valence-electron chi connectivity index (χ0n) is 8.26. The van der Waals surface area contributed by atoms with Crippen molar-refractivity contribution in [1.29, 1.82) is 0 Å². The van der Waals surface area contributed by atoms with Gasteiger partial charge < -0.3 is 0 Å². The van der Waals surface area contributed by atoms with Crippen molar-refractivity contribution in [3.8, 4) is 0 Å². The molecule has 0 amide bonds. The molecule has 1 unspecified atom stereocenters. The molecule has 0 N–H and O–H groups in total. The summed E-state index contributed by atoms with van der Waals surface area (Å²) in [5.74, 6) is 0.525. The van der Waals surface area contributed by atoms with Crippen LogP contribution < -0.4 is 0 Å². The molecule has 0 bridgehead atoms. The number of nitrogens with zero attached hydrogens (tertiary/aromatic N) is 2. The van der Waals surface area contributed by atoms with Crippen LogP contribution in [0.15, 0.2) is 6.20 Å². The first-order chi connectivity index (χ1) is 5.65. The Labute approximate surface area is 74.1 Å². The molecular formula is C10H16N2. The SMILES string of the molecule is CCC(C)c1cnc(C)c(C)n1. The van der Waals surface area contributed by atoms with E-state index >= 15 is 0 Å². The highest BCUT2D eigenvalue weighted by Crippen LogP contribution is 2.15. The average molecular weight is 164 g/mol. The molecule has 0 aliphatic heterocycles. The highest BCUT2D eigenvalue weighted by Gasteiger charge is 2.05. The quantitative estimate of drug-likeness (QED) is 0.671. The Morgan fingerprint density at radius 2 is 2.00 bits per heavy atom. The summed E-state index contributed by atoms with van der Waals surface area (Å²) in [7, 11) is 0. The van der Waals surface area contributed by atoms with Crippen LogP contribution in [0, 0.1) is 13.8 Å². The fourth-order valence-corrected chi connectivity index (χ4v) is 1.01. The van der Waals surface area contributed by atoms with E-state index in [1.165, 1.54) is 0 Å². The molecule has 0 saturated heterocycles. The normalized spacial score (nSPS) is 13.0. The Bertz CT molecular complexity index is 269. The van der Waals surface area contributed by atoms with Crippen molar-refractivity contribution in [3.05, 3.63) is 23.3 Å². The summed E-state index contributed by atoms with van der Waals surface area (Å²) in [4.78, 5) is 8.77. The van der Waals surface area contributed by atoms with Crippen LogP contribution in [0.2, 0.25) is 0 Å². The second-order valence-corrected chi connectivity index (χ2v) is 3.27. The second kappa shape index (κ2) is 3.65. The van der Waals surface area contributed by atoms with Gasteiger partial charge in [0.05, 0.1) is 17.1 Å². The van der Waals surface area contributed by atoms with Gasteiger partial charge in [-0.05, 0) is 26.2 Å². The minimum absolute atomic E-state index is 0.525. The molecule has 0 radical (unpaired) electrons. The predicted octanol–water partition coefficient (Wildman–Crippen LogP) is 2.61. The van der Waals surface area contributed by atoms with Gasteiger partial charge in [0.25, 0.3) is 0 Å². The van der Waals surface area contributed by atoms with Crippen LogP contribution in [-0.4, -0.2) is 9.97 Å². The largest absolute Gasteiger partial charge is 0.258 e. The summed E-state index contributed by atoms with van der Waals surface area (Å²) >= 11 is 0. The predicted molar refractivity (Wildman–Crippen MR) is 50.2 cm³/mol. The average Bonchev–Trinajstić information content (AvgIpc) is 2.08. The van der Waals surface area contributed by atoms with E-state index in [0.717, 1.165) is 23.5 Å². The Kier molecular flexibility index (Phi) is 2.79. The zero-order valence-corrected chi connectivity index (χ0v) is 8.26. The third-order valence-electron chi connectivity index (χ3n) is 2.33. The molecule has 0 aliphatic carbocycles. The van der Waals surface area contributed by atoms with Gasteiger partial charge in [-0.25, -0.2) is 0 Å². The Hall–Kier alpha value is -0.920. The van der Waals surface area contributed by atoms with Crippen molar-refractivity contribution < 1.29 is 0 Å². The lowest BCUT2D eigenvalue weighted by molar-refractivity contribution is 0.696. The van der Waals surface area contributed by atoms with Gasteiger partial charge >= 0.3 is 0 Å². The summed E-state index contributed by atoms with van der Waals surface area (Å²) in [6.45, 7) is 8.34. The highest BCUT2D eigenvalue weighted by atomic mass is 14.8. The van der Waals surface area contributed by atoms with Gasteiger partial charge in [-0.3, -0.25) is 9.97 Å². The lowest BCUT2D eigenvalue weighted by atomic mass is 10.1. The molecule has 1 heterocycles. The summed E-state index contributed by atoms with van der Waals surface area (Å²) in [5.41, 5.74) is 3.19. The summed E-state index contributed by atoms with van der Waals surface area (Å²) < 4.78 is 0. The summed E-state index contributed by atoms with van der Waals surface area (Å²) in [6.07, 6.45) is 3.01. The van der Waals surface area contributed by atoms with Gasteiger partial charge in [-0.2, -0.15) is 0 Å². The minimum Gasteiger partial charge on any atom is -0.258 e. The van der Waals surface area contributed by atoms with Crippen LogP contribution in [0.1, 0.15) is 43.3 Å². The first-order valence-electron chi connectivity index (χ1n) is 4.45. The van der Waals surface area contributed by atoms with Gasteiger partial charge in [-0.15, -0.1) is 0 Å². The molecule has 12 heavy (non-hydrogen) atoms. The van der Waals surface area contributed by atoms with E-state index in [1.54, 1.807) is 0 Å². The van der Waals surface area contributed by atoms with E-state index in [4.69, 9.17) is 0 Å². The summed E-state index contributed by atoms with van der Waals surface area (Å²) in [5, 5.41) is 0. The van der Waals surface area contributed by atoms with E-state index in [9.17, 15) is 0 Å². The Balaban J connectivity index is 2.96. The Morgan fingerprint density at radius 3 is 2.50 bits per heavy atom. The van der Waals surface area contributed by atoms with Crippen molar-refractivity contribution >= 4 is 0 Å². The summed E-state index contributed by atoms with van der Waals surface area (Å²) in [6, 6.07) is 0. The van der Waals surface area contributed by atoms with Crippen LogP contribution in [0.5, 0.6) is 0 Å². The van der Waals surface area contributed by atoms with Crippen molar-refractivity contribution in [1.82, 2.24) is 9.97 Å². The molecule has 0 saturated carbocycles. The van der Waals surface area contributed by atoms with Crippen LogP contribution in [0.4, 0.5) is 0 Å². The number of hydrogen-bond acceptors (Lipinski definition) is 2. The fraction of sp³-hybridized carbons (Fsp3) is 0.600. The van der Waals surface area contributed by atoms with Crippen molar-refractivity contribution in [2.45, 2.75) is 40.0 Å². The molecule has 1 aromatic heterocycles. The maximum absolute atomic E-state index is 4.48. The van der Waals surface area contributed by atoms with Gasteiger partial charge in [0.2, 0.25) is 0 Å². The van der Waals surface area contributed by atoms with Crippen LogP contribution in [-0.2, 0) is 0 Å². The minimum atomic E-state index is 0.525. The number of aryl methyl sites for hydroxylation is 2. The first kappa shape index (κ1) is 9.17. The molecular weight excluding hydrogens is 148 g/mol. The molecule has 0 aromatic carbocycles. The third kappa shape index (κ3) is 1.81. The number of aromatic nitrogens is 2. The lowest BCUT2D eigenvalue weighted by Gasteiger charge is -2.08. The molecule has 0 fully saturated rings. The standard InChI is InChI=1S/C10H16N2/c1-5-7(2)10-6-11-8(3)9(4)12-10/h6-7H,5H2,1-4H3. The Morgan fingerprint density at radius 1 is 1.33 bits per heavy atom. The van der Waals surface area contributed by atoms with Crippen molar-refractivity contribution in [2.24, 2.45) is 0 Å². The smallest absolute Gasteiger partial charge is 0.0618 e. The van der Waals surface area contributed by atoms with Crippen LogP contribution >= 0.6 is 0 Å². The third-order valence-corrected chi connectivity index (χ3v) is 2.33. The lowest BCUT2D eigenvalue weighted by Crippen LogP contribution is -2.00. The molecule has 66 valence electrons. The van der Waals surface area contributed by atoms with E-state index in [1.807, 2.05) is 20.0 Å². The van der Waals surface area contributed by atoms with Crippen molar-refractivity contribution in [3.63, 3.8) is 0 Å². The molecule has 2 nitrogen and oxygen atoms in total. The van der Waals surface area contributed by atoms with Crippen LogP contribution in [0.3, 0.4) is 0 Å². The van der Waals surface area contributed by atoms with Crippen LogP contribution in [0.25, 0.3) is 0 Å². The molecule has 1 atom stereocenters. The highest BCUT2D eigenvalue weighted by molar-refractivity contribution is 5.12. The second-order valence-electron chi connectivity index (χ2n) is 3.27.